The van der Waals surface area contributed by atoms with Crippen molar-refractivity contribution in [1.29, 1.82) is 0 Å². The molecule has 0 aromatic heterocycles. The highest BCUT2D eigenvalue weighted by Gasteiger charge is 2.14. The van der Waals surface area contributed by atoms with Gasteiger partial charge in [0, 0.05) is 18.8 Å². The number of halogens is 1. The molecule has 0 atom stereocenters. The fourth-order valence-corrected chi connectivity index (χ4v) is 1.87. The van der Waals surface area contributed by atoms with Crippen LogP contribution in [-0.4, -0.2) is 30.8 Å². The zero-order chi connectivity index (χ0) is 14.3. The van der Waals surface area contributed by atoms with Crippen LogP contribution in [0.25, 0.3) is 0 Å². The van der Waals surface area contributed by atoms with Crippen LogP contribution in [0.5, 0.6) is 0 Å². The first kappa shape index (κ1) is 15.6. The fourth-order valence-electron chi connectivity index (χ4n) is 1.57. The van der Waals surface area contributed by atoms with E-state index in [1.165, 1.54) is 12.1 Å². The predicted octanol–water partition coefficient (Wildman–Crippen LogP) is 2.85. The molecule has 0 aliphatic rings. The van der Waals surface area contributed by atoms with Gasteiger partial charge in [0.2, 0.25) is 0 Å². The summed E-state index contributed by atoms with van der Waals surface area (Å²) in [7, 11) is 0. The van der Waals surface area contributed by atoms with Gasteiger partial charge in [-0.1, -0.05) is 24.9 Å². The number of unbranched alkanes of at least 4 members (excludes halogenated alkanes) is 1. The normalized spacial score (nSPS) is 10.4. The molecule has 106 valence electrons. The number of hydrogen-bond acceptors (Lipinski definition) is 4. The first-order chi connectivity index (χ1) is 9.06. The van der Waals surface area contributed by atoms with Crippen LogP contribution in [0.4, 0.5) is 11.4 Å². The number of benzene rings is 1. The molecule has 1 rings (SSSR count). The predicted molar refractivity (Wildman–Crippen MR) is 77.0 cm³/mol. The maximum Gasteiger partial charge on any atom is 0.337 e. The van der Waals surface area contributed by atoms with E-state index in [4.69, 9.17) is 27.2 Å². The lowest BCUT2D eigenvalue weighted by Gasteiger charge is -2.12. The SMILES string of the molecule is CCCCOCCNc1c(Cl)cc(N)cc1C(=O)O. The van der Waals surface area contributed by atoms with E-state index >= 15 is 0 Å². The van der Waals surface area contributed by atoms with E-state index in [9.17, 15) is 4.79 Å². The van der Waals surface area contributed by atoms with Gasteiger partial charge >= 0.3 is 5.97 Å². The van der Waals surface area contributed by atoms with E-state index < -0.39 is 5.97 Å². The molecule has 4 N–H and O–H groups in total. The number of anilines is 2. The molecule has 0 aliphatic heterocycles. The molecular formula is C13H19ClN2O3. The first-order valence-electron chi connectivity index (χ1n) is 6.20. The summed E-state index contributed by atoms with van der Waals surface area (Å²) in [5.74, 6) is -1.07. The van der Waals surface area contributed by atoms with Crippen molar-refractivity contribution >= 4 is 28.9 Å². The van der Waals surface area contributed by atoms with E-state index in [0.29, 0.717) is 36.2 Å². The summed E-state index contributed by atoms with van der Waals surface area (Å²) >= 11 is 5.99. The van der Waals surface area contributed by atoms with Crippen LogP contribution < -0.4 is 11.1 Å². The Hall–Kier alpha value is -1.46. The number of carbonyl (C=O) groups is 1. The number of aromatic carboxylic acids is 1. The second kappa shape index (κ2) is 7.86. The summed E-state index contributed by atoms with van der Waals surface area (Å²) < 4.78 is 5.38. The second-order valence-electron chi connectivity index (χ2n) is 4.12. The third-order valence-corrected chi connectivity index (χ3v) is 2.83. The largest absolute Gasteiger partial charge is 0.478 e. The number of rotatable bonds is 8. The Morgan fingerprint density at radius 1 is 1.47 bits per heavy atom. The minimum Gasteiger partial charge on any atom is -0.478 e. The highest BCUT2D eigenvalue weighted by molar-refractivity contribution is 6.34. The molecule has 0 unspecified atom stereocenters. The molecular weight excluding hydrogens is 268 g/mol. The van der Waals surface area contributed by atoms with Gasteiger partial charge in [-0.2, -0.15) is 0 Å². The van der Waals surface area contributed by atoms with Crippen molar-refractivity contribution in [3.05, 3.63) is 22.7 Å². The summed E-state index contributed by atoms with van der Waals surface area (Å²) in [4.78, 5) is 11.1. The maximum atomic E-state index is 11.1. The van der Waals surface area contributed by atoms with Gasteiger partial charge in [-0.05, 0) is 18.6 Å². The zero-order valence-electron chi connectivity index (χ0n) is 10.9. The van der Waals surface area contributed by atoms with Gasteiger partial charge in [-0.15, -0.1) is 0 Å². The van der Waals surface area contributed by atoms with E-state index in [0.717, 1.165) is 12.8 Å². The summed E-state index contributed by atoms with van der Waals surface area (Å²) in [5.41, 5.74) is 6.35. The number of nitrogen functional groups attached to an aromatic ring is 1. The van der Waals surface area contributed by atoms with Gasteiger partial charge in [0.05, 0.1) is 22.9 Å². The van der Waals surface area contributed by atoms with E-state index in [1.807, 2.05) is 0 Å². The van der Waals surface area contributed by atoms with Crippen LogP contribution in [0.15, 0.2) is 12.1 Å². The Bertz CT molecular complexity index is 438. The fraction of sp³-hybridized carbons (Fsp3) is 0.462. The summed E-state index contributed by atoms with van der Waals surface area (Å²) in [6.07, 6.45) is 2.10. The molecule has 5 nitrogen and oxygen atoms in total. The van der Waals surface area contributed by atoms with E-state index in [1.54, 1.807) is 0 Å². The van der Waals surface area contributed by atoms with Gasteiger partial charge in [-0.25, -0.2) is 4.79 Å². The Balaban J connectivity index is 2.59. The third-order valence-electron chi connectivity index (χ3n) is 2.53. The van der Waals surface area contributed by atoms with Gasteiger partial charge in [0.15, 0.2) is 0 Å². The summed E-state index contributed by atoms with van der Waals surface area (Å²) in [6.45, 7) is 3.79. The zero-order valence-corrected chi connectivity index (χ0v) is 11.7. The summed E-state index contributed by atoms with van der Waals surface area (Å²) in [6, 6.07) is 2.91. The van der Waals surface area contributed by atoms with Crippen molar-refractivity contribution in [2.45, 2.75) is 19.8 Å². The molecule has 0 saturated carbocycles. The molecule has 1 aromatic carbocycles. The van der Waals surface area contributed by atoms with Crippen LogP contribution in [0.2, 0.25) is 5.02 Å². The molecule has 1 aromatic rings. The minimum absolute atomic E-state index is 0.0681. The number of nitrogens with two attached hydrogens (primary N) is 1. The Kier molecular flexibility index (Phi) is 6.45. The molecule has 0 heterocycles. The highest BCUT2D eigenvalue weighted by Crippen LogP contribution is 2.29. The lowest BCUT2D eigenvalue weighted by molar-refractivity contribution is 0.0698. The monoisotopic (exact) mass is 286 g/mol. The lowest BCUT2D eigenvalue weighted by atomic mass is 10.1. The molecule has 0 aliphatic carbocycles. The molecule has 0 saturated heterocycles. The maximum absolute atomic E-state index is 11.1. The molecule has 19 heavy (non-hydrogen) atoms. The number of nitrogens with one attached hydrogen (secondary N) is 1. The van der Waals surface area contributed by atoms with Gasteiger partial charge in [0.25, 0.3) is 0 Å². The molecule has 0 radical (unpaired) electrons. The molecule has 0 spiro atoms. The molecule has 0 amide bonds. The number of carboxylic acid groups (broad SMARTS) is 1. The smallest absolute Gasteiger partial charge is 0.337 e. The molecule has 0 fully saturated rings. The van der Waals surface area contributed by atoms with Crippen molar-refractivity contribution in [1.82, 2.24) is 0 Å². The van der Waals surface area contributed by atoms with Crippen molar-refractivity contribution in [3.63, 3.8) is 0 Å². The number of ether oxygens (including phenoxy) is 1. The number of hydrogen-bond donors (Lipinski definition) is 3. The average Bonchev–Trinajstić information content (AvgIpc) is 2.34. The summed E-state index contributed by atoms with van der Waals surface area (Å²) in [5, 5.41) is 12.4. The van der Waals surface area contributed by atoms with Crippen molar-refractivity contribution < 1.29 is 14.6 Å². The quantitative estimate of drug-likeness (QED) is 0.505. The van der Waals surface area contributed by atoms with Gasteiger partial charge < -0.3 is 20.9 Å². The van der Waals surface area contributed by atoms with Crippen LogP contribution in [-0.2, 0) is 4.74 Å². The van der Waals surface area contributed by atoms with E-state index in [-0.39, 0.29) is 5.56 Å². The standard InChI is InChI=1S/C13H19ClN2O3/c1-2-3-5-19-6-4-16-12-10(13(17)18)7-9(15)8-11(12)14/h7-8,16H,2-6,15H2,1H3,(H,17,18). The Morgan fingerprint density at radius 2 is 2.21 bits per heavy atom. The molecule has 6 heteroatoms. The van der Waals surface area contributed by atoms with Crippen molar-refractivity contribution in [2.24, 2.45) is 0 Å². The van der Waals surface area contributed by atoms with Crippen LogP contribution in [0.1, 0.15) is 30.1 Å². The molecule has 0 bridgehead atoms. The Morgan fingerprint density at radius 3 is 2.84 bits per heavy atom. The van der Waals surface area contributed by atoms with Gasteiger partial charge in [0.1, 0.15) is 0 Å². The Labute approximate surface area is 117 Å². The van der Waals surface area contributed by atoms with Gasteiger partial charge in [-0.3, -0.25) is 0 Å². The second-order valence-corrected chi connectivity index (χ2v) is 4.53. The highest BCUT2D eigenvalue weighted by atomic mass is 35.5. The van der Waals surface area contributed by atoms with Crippen molar-refractivity contribution in [3.8, 4) is 0 Å². The van der Waals surface area contributed by atoms with Crippen molar-refractivity contribution in [2.75, 3.05) is 30.8 Å². The topological polar surface area (TPSA) is 84.6 Å². The third kappa shape index (κ3) is 4.96. The number of carboxylic acids is 1. The minimum atomic E-state index is -1.07. The van der Waals surface area contributed by atoms with Crippen LogP contribution in [0.3, 0.4) is 0 Å². The first-order valence-corrected chi connectivity index (χ1v) is 6.58. The average molecular weight is 287 g/mol. The van der Waals surface area contributed by atoms with Crippen LogP contribution >= 0.6 is 11.6 Å². The lowest BCUT2D eigenvalue weighted by Crippen LogP contribution is -2.13. The van der Waals surface area contributed by atoms with Crippen LogP contribution in [0, 0.1) is 0 Å². The van der Waals surface area contributed by atoms with E-state index in [2.05, 4.69) is 12.2 Å².